The molecule has 0 amide bonds. The fourth-order valence-electron chi connectivity index (χ4n) is 0.787. The molecule has 0 aliphatic carbocycles. The fourth-order valence-corrected chi connectivity index (χ4v) is 0.787. The van der Waals surface area contributed by atoms with Crippen molar-refractivity contribution >= 4 is 12.3 Å². The van der Waals surface area contributed by atoms with Crippen molar-refractivity contribution < 1.29 is 19.1 Å². The van der Waals surface area contributed by atoms with Crippen LogP contribution in [0.2, 0.25) is 0 Å². The maximum Gasteiger partial charge on any atom is 0.293 e. The average molecular weight is 188 g/mol. The van der Waals surface area contributed by atoms with Gasteiger partial charge in [-0.05, 0) is 6.42 Å². The highest BCUT2D eigenvalue weighted by Crippen LogP contribution is 1.95. The molecule has 76 valence electrons. The Hall–Kier alpha value is -0.900. The quantitative estimate of drug-likeness (QED) is 0.399. The van der Waals surface area contributed by atoms with Crippen LogP contribution in [0.5, 0.6) is 0 Å². The molecule has 0 heterocycles. The van der Waals surface area contributed by atoms with Crippen LogP contribution in [0.25, 0.3) is 0 Å². The zero-order chi connectivity index (χ0) is 9.94. The highest BCUT2D eigenvalue weighted by molar-refractivity contribution is 5.79. The van der Waals surface area contributed by atoms with Crippen LogP contribution in [0.4, 0.5) is 0 Å². The second kappa shape index (κ2) is 9.19. The van der Waals surface area contributed by atoms with Gasteiger partial charge in [-0.25, -0.2) is 0 Å². The predicted octanol–water partition coefficient (Wildman–Crippen LogP) is 0.935. The molecule has 0 saturated carbocycles. The summed E-state index contributed by atoms with van der Waals surface area (Å²) < 4.78 is 9.34. The van der Waals surface area contributed by atoms with Gasteiger partial charge >= 0.3 is 0 Å². The van der Waals surface area contributed by atoms with Gasteiger partial charge in [0, 0.05) is 6.42 Å². The average Bonchev–Trinajstić information content (AvgIpc) is 2.14. The van der Waals surface area contributed by atoms with Crippen molar-refractivity contribution in [1.82, 2.24) is 0 Å². The molecule has 13 heavy (non-hydrogen) atoms. The minimum Gasteiger partial charge on any atom is -0.465 e. The zero-order valence-electron chi connectivity index (χ0n) is 7.95. The predicted molar refractivity (Wildman–Crippen MR) is 47.4 cm³/mol. The van der Waals surface area contributed by atoms with Crippen molar-refractivity contribution in [3.05, 3.63) is 0 Å². The Morgan fingerprint density at radius 3 is 2.77 bits per heavy atom. The molecule has 0 rings (SSSR count). The summed E-state index contributed by atoms with van der Waals surface area (Å²) in [4.78, 5) is 20.7. The van der Waals surface area contributed by atoms with Crippen LogP contribution in [-0.4, -0.2) is 32.1 Å². The molecule has 0 unspecified atom stereocenters. The third-order valence-electron chi connectivity index (χ3n) is 1.49. The summed E-state index contributed by atoms with van der Waals surface area (Å²) in [7, 11) is 0. The summed E-state index contributed by atoms with van der Waals surface area (Å²) in [5.41, 5.74) is 0. The molecule has 0 saturated heterocycles. The third kappa shape index (κ3) is 9.01. The van der Waals surface area contributed by atoms with E-state index in [0.717, 1.165) is 12.8 Å². The van der Waals surface area contributed by atoms with Gasteiger partial charge in [-0.2, -0.15) is 0 Å². The largest absolute Gasteiger partial charge is 0.465 e. The molecule has 0 atom stereocenters. The van der Waals surface area contributed by atoms with Crippen molar-refractivity contribution in [2.24, 2.45) is 0 Å². The highest BCUT2D eigenvalue weighted by Gasteiger charge is 2.00. The first-order chi connectivity index (χ1) is 6.31. The van der Waals surface area contributed by atoms with Crippen LogP contribution in [0, 0.1) is 0 Å². The number of Topliss-reactive ketones (excluding diaryl/α,β-unsaturated/α-hetero) is 1. The van der Waals surface area contributed by atoms with Crippen molar-refractivity contribution in [2.75, 3.05) is 19.8 Å². The smallest absolute Gasteiger partial charge is 0.293 e. The van der Waals surface area contributed by atoms with Gasteiger partial charge in [0.05, 0.1) is 6.61 Å². The highest BCUT2D eigenvalue weighted by atomic mass is 16.5. The van der Waals surface area contributed by atoms with Gasteiger partial charge in [-0.1, -0.05) is 13.3 Å². The van der Waals surface area contributed by atoms with Crippen molar-refractivity contribution in [3.63, 3.8) is 0 Å². The van der Waals surface area contributed by atoms with Crippen LogP contribution in [0.1, 0.15) is 26.2 Å². The van der Waals surface area contributed by atoms with Crippen LogP contribution >= 0.6 is 0 Å². The number of hydrogen-bond acceptors (Lipinski definition) is 4. The SMILES string of the molecule is CCCCC(=O)COCCOC=O. The lowest BCUT2D eigenvalue weighted by atomic mass is 10.2. The van der Waals surface area contributed by atoms with E-state index in [-0.39, 0.29) is 25.6 Å². The fraction of sp³-hybridized carbons (Fsp3) is 0.778. The lowest BCUT2D eigenvalue weighted by Gasteiger charge is -2.01. The number of ketones is 1. The molecule has 4 heteroatoms. The van der Waals surface area contributed by atoms with E-state index in [1.54, 1.807) is 0 Å². The Bertz CT molecular complexity index is 145. The van der Waals surface area contributed by atoms with Gasteiger partial charge in [0.2, 0.25) is 0 Å². The molecule has 0 aliphatic heterocycles. The van der Waals surface area contributed by atoms with Crippen molar-refractivity contribution in [2.45, 2.75) is 26.2 Å². The molecule has 0 bridgehead atoms. The number of hydrogen-bond donors (Lipinski definition) is 0. The van der Waals surface area contributed by atoms with Crippen LogP contribution in [0.15, 0.2) is 0 Å². The first kappa shape index (κ1) is 12.1. The standard InChI is InChI=1S/C9H16O4/c1-2-3-4-9(11)7-12-5-6-13-8-10/h8H,2-7H2,1H3. The third-order valence-corrected chi connectivity index (χ3v) is 1.49. The molecule has 4 nitrogen and oxygen atoms in total. The molecular weight excluding hydrogens is 172 g/mol. The molecule has 0 aromatic rings. The maximum absolute atomic E-state index is 11.0. The Morgan fingerprint density at radius 2 is 2.15 bits per heavy atom. The lowest BCUT2D eigenvalue weighted by molar-refractivity contribution is -0.131. The molecule has 0 radical (unpaired) electrons. The molecule has 0 aliphatic rings. The van der Waals surface area contributed by atoms with Gasteiger partial charge in [-0.3, -0.25) is 9.59 Å². The van der Waals surface area contributed by atoms with E-state index in [2.05, 4.69) is 4.74 Å². The van der Waals surface area contributed by atoms with Gasteiger partial charge in [0.15, 0.2) is 5.78 Å². The van der Waals surface area contributed by atoms with E-state index in [1.165, 1.54) is 0 Å². The van der Waals surface area contributed by atoms with Gasteiger partial charge in [-0.15, -0.1) is 0 Å². The Labute approximate surface area is 78.2 Å². The normalized spacial score (nSPS) is 9.62. The number of unbranched alkanes of at least 4 members (excludes halogenated alkanes) is 1. The van der Waals surface area contributed by atoms with E-state index in [4.69, 9.17) is 4.74 Å². The second-order valence-corrected chi connectivity index (χ2v) is 2.66. The molecule has 0 N–H and O–H groups in total. The summed E-state index contributed by atoms with van der Waals surface area (Å²) in [5.74, 6) is 0.105. The van der Waals surface area contributed by atoms with Crippen molar-refractivity contribution in [3.8, 4) is 0 Å². The van der Waals surface area contributed by atoms with Crippen LogP contribution < -0.4 is 0 Å². The zero-order valence-corrected chi connectivity index (χ0v) is 7.95. The summed E-state index contributed by atoms with van der Waals surface area (Å²) in [6.45, 7) is 3.03. The van der Waals surface area contributed by atoms with Gasteiger partial charge in [0.25, 0.3) is 6.47 Å². The lowest BCUT2D eigenvalue weighted by Crippen LogP contribution is -2.11. The summed E-state index contributed by atoms with van der Waals surface area (Å²) in [6.07, 6.45) is 2.50. The van der Waals surface area contributed by atoms with Crippen molar-refractivity contribution in [1.29, 1.82) is 0 Å². The first-order valence-corrected chi connectivity index (χ1v) is 4.46. The van der Waals surface area contributed by atoms with E-state index >= 15 is 0 Å². The molecule has 0 aromatic carbocycles. The van der Waals surface area contributed by atoms with Gasteiger partial charge < -0.3 is 9.47 Å². The van der Waals surface area contributed by atoms with E-state index in [0.29, 0.717) is 12.9 Å². The Kier molecular flexibility index (Phi) is 8.55. The van der Waals surface area contributed by atoms with E-state index < -0.39 is 0 Å². The summed E-state index contributed by atoms with van der Waals surface area (Å²) >= 11 is 0. The number of ether oxygens (including phenoxy) is 2. The van der Waals surface area contributed by atoms with E-state index in [1.807, 2.05) is 6.92 Å². The number of rotatable bonds is 9. The topological polar surface area (TPSA) is 52.6 Å². The van der Waals surface area contributed by atoms with Gasteiger partial charge in [0.1, 0.15) is 13.2 Å². The molecule has 0 aromatic heterocycles. The summed E-state index contributed by atoms with van der Waals surface area (Å²) in [6, 6.07) is 0. The monoisotopic (exact) mass is 188 g/mol. The molecule has 0 fully saturated rings. The number of carbonyl (C=O) groups excluding carboxylic acids is 2. The Balaban J connectivity index is 3.12. The minimum atomic E-state index is 0.105. The minimum absolute atomic E-state index is 0.105. The van der Waals surface area contributed by atoms with Crippen LogP contribution in [0.3, 0.4) is 0 Å². The summed E-state index contributed by atoms with van der Waals surface area (Å²) in [5, 5.41) is 0. The second-order valence-electron chi connectivity index (χ2n) is 2.66. The maximum atomic E-state index is 11.0. The molecule has 0 spiro atoms. The van der Waals surface area contributed by atoms with E-state index in [9.17, 15) is 9.59 Å². The first-order valence-electron chi connectivity index (χ1n) is 4.46. The number of carbonyl (C=O) groups is 2. The molecular formula is C9H16O4. The van der Waals surface area contributed by atoms with Crippen LogP contribution in [-0.2, 0) is 19.1 Å². The Morgan fingerprint density at radius 1 is 1.38 bits per heavy atom.